The van der Waals surface area contributed by atoms with Crippen LogP contribution in [0.25, 0.3) is 11.1 Å². The van der Waals surface area contributed by atoms with Gasteiger partial charge in [-0.25, -0.2) is 4.98 Å². The van der Waals surface area contributed by atoms with E-state index in [1.54, 1.807) is 7.11 Å². The first-order valence-corrected chi connectivity index (χ1v) is 10.3. The predicted molar refractivity (Wildman–Crippen MR) is 119 cm³/mol. The molecule has 0 spiro atoms. The molecule has 150 valence electrons. The molecule has 2 heterocycles. The van der Waals surface area contributed by atoms with Gasteiger partial charge in [-0.05, 0) is 54.3 Å². The van der Waals surface area contributed by atoms with Crippen molar-refractivity contribution in [2.24, 2.45) is 0 Å². The molecule has 4 heteroatoms. The molecule has 29 heavy (non-hydrogen) atoms. The van der Waals surface area contributed by atoms with Crippen molar-refractivity contribution >= 4 is 5.82 Å². The van der Waals surface area contributed by atoms with E-state index in [1.165, 1.54) is 29.5 Å². The zero-order chi connectivity index (χ0) is 20.2. The third-order valence-electron chi connectivity index (χ3n) is 5.76. The second-order valence-corrected chi connectivity index (χ2v) is 7.83. The van der Waals surface area contributed by atoms with Crippen molar-refractivity contribution in [3.8, 4) is 16.9 Å². The van der Waals surface area contributed by atoms with E-state index in [2.05, 4.69) is 63.3 Å². The maximum absolute atomic E-state index is 5.63. The SMILES string of the molecule is COc1ccccc1-c1ccccc1CN1CCC[C@@H]1c1ccnc(N(C)C)c1. The Morgan fingerprint density at radius 3 is 2.59 bits per heavy atom. The van der Waals surface area contributed by atoms with Crippen LogP contribution in [0.3, 0.4) is 0 Å². The lowest BCUT2D eigenvalue weighted by atomic mass is 9.97. The Bertz CT molecular complexity index is 970. The molecule has 4 nitrogen and oxygen atoms in total. The van der Waals surface area contributed by atoms with Gasteiger partial charge in [0.2, 0.25) is 0 Å². The molecule has 0 unspecified atom stereocenters. The number of anilines is 1. The van der Waals surface area contributed by atoms with Gasteiger partial charge >= 0.3 is 0 Å². The summed E-state index contributed by atoms with van der Waals surface area (Å²) in [4.78, 5) is 9.16. The Balaban J connectivity index is 1.64. The fourth-order valence-electron chi connectivity index (χ4n) is 4.29. The third kappa shape index (κ3) is 4.13. The van der Waals surface area contributed by atoms with E-state index in [4.69, 9.17) is 4.74 Å². The van der Waals surface area contributed by atoms with E-state index in [9.17, 15) is 0 Å². The van der Waals surface area contributed by atoms with Crippen LogP contribution < -0.4 is 9.64 Å². The number of benzene rings is 2. The Kier molecular flexibility index (Phi) is 5.81. The van der Waals surface area contributed by atoms with Crippen molar-refractivity contribution in [3.05, 3.63) is 78.0 Å². The van der Waals surface area contributed by atoms with Gasteiger partial charge in [0.15, 0.2) is 0 Å². The fraction of sp³-hybridized carbons (Fsp3) is 0.320. The molecule has 0 aliphatic carbocycles. The minimum atomic E-state index is 0.433. The molecule has 1 saturated heterocycles. The lowest BCUT2D eigenvalue weighted by molar-refractivity contribution is 0.249. The van der Waals surface area contributed by atoms with Crippen LogP contribution in [0, 0.1) is 0 Å². The average Bonchev–Trinajstić information content (AvgIpc) is 3.22. The molecule has 0 saturated carbocycles. The molecule has 0 amide bonds. The molecule has 0 N–H and O–H groups in total. The van der Waals surface area contributed by atoms with Crippen molar-refractivity contribution in [1.82, 2.24) is 9.88 Å². The van der Waals surface area contributed by atoms with Crippen LogP contribution in [0.2, 0.25) is 0 Å². The van der Waals surface area contributed by atoms with E-state index in [-0.39, 0.29) is 0 Å². The average molecular weight is 388 g/mol. The Morgan fingerprint density at radius 2 is 1.79 bits per heavy atom. The summed E-state index contributed by atoms with van der Waals surface area (Å²) in [6.45, 7) is 2.04. The van der Waals surface area contributed by atoms with Crippen molar-refractivity contribution in [2.75, 3.05) is 32.6 Å². The minimum absolute atomic E-state index is 0.433. The zero-order valence-corrected chi connectivity index (χ0v) is 17.5. The summed E-state index contributed by atoms with van der Waals surface area (Å²) in [5.41, 5.74) is 5.10. The molecule has 0 bridgehead atoms. The highest BCUT2D eigenvalue weighted by Gasteiger charge is 2.27. The fourth-order valence-corrected chi connectivity index (χ4v) is 4.29. The Morgan fingerprint density at radius 1 is 1.03 bits per heavy atom. The number of nitrogens with zero attached hydrogens (tertiary/aromatic N) is 3. The summed E-state index contributed by atoms with van der Waals surface area (Å²) in [6, 6.07) is 21.8. The van der Waals surface area contributed by atoms with Gasteiger partial charge in [0.1, 0.15) is 11.6 Å². The summed E-state index contributed by atoms with van der Waals surface area (Å²) in [5, 5.41) is 0. The van der Waals surface area contributed by atoms with E-state index in [0.717, 1.165) is 30.2 Å². The van der Waals surface area contributed by atoms with Gasteiger partial charge in [-0.2, -0.15) is 0 Å². The smallest absolute Gasteiger partial charge is 0.128 e. The van der Waals surface area contributed by atoms with Crippen LogP contribution in [0.4, 0.5) is 5.82 Å². The van der Waals surface area contributed by atoms with Crippen molar-refractivity contribution in [1.29, 1.82) is 0 Å². The number of hydrogen-bond donors (Lipinski definition) is 0. The molecule has 1 aliphatic heterocycles. The zero-order valence-electron chi connectivity index (χ0n) is 17.5. The Hall–Kier alpha value is -2.85. The molecule has 2 aromatic carbocycles. The second kappa shape index (κ2) is 8.66. The standard InChI is InChI=1S/C25H29N3O/c1-27(2)25-17-19(14-15-26-25)23-12-8-16-28(23)18-20-9-4-5-10-21(20)22-11-6-7-13-24(22)29-3/h4-7,9-11,13-15,17,23H,8,12,16,18H2,1-3H3/t23-/m1/s1. The van der Waals surface area contributed by atoms with Gasteiger partial charge in [0.25, 0.3) is 0 Å². The van der Waals surface area contributed by atoms with Gasteiger partial charge in [0.05, 0.1) is 7.11 Å². The molecular weight excluding hydrogens is 358 g/mol. The highest BCUT2D eigenvalue weighted by Crippen LogP contribution is 2.37. The van der Waals surface area contributed by atoms with Gasteiger partial charge in [-0.15, -0.1) is 0 Å². The van der Waals surface area contributed by atoms with Gasteiger partial charge in [-0.3, -0.25) is 4.90 Å². The summed E-state index contributed by atoms with van der Waals surface area (Å²) >= 11 is 0. The quantitative estimate of drug-likeness (QED) is 0.584. The maximum Gasteiger partial charge on any atom is 0.128 e. The Labute approximate surface area is 173 Å². The molecule has 0 radical (unpaired) electrons. The van der Waals surface area contributed by atoms with E-state index >= 15 is 0 Å². The number of hydrogen-bond acceptors (Lipinski definition) is 4. The summed E-state index contributed by atoms with van der Waals surface area (Å²) < 4.78 is 5.63. The predicted octanol–water partition coefficient (Wildman–Crippen LogP) is 5.16. The van der Waals surface area contributed by atoms with Crippen LogP contribution in [0.5, 0.6) is 5.75 Å². The highest BCUT2D eigenvalue weighted by molar-refractivity contribution is 5.73. The van der Waals surface area contributed by atoms with Crippen LogP contribution >= 0.6 is 0 Å². The normalized spacial score (nSPS) is 16.7. The van der Waals surface area contributed by atoms with Gasteiger partial charge in [-0.1, -0.05) is 42.5 Å². The maximum atomic E-state index is 5.63. The monoisotopic (exact) mass is 387 g/mol. The van der Waals surface area contributed by atoms with E-state index in [1.807, 2.05) is 32.4 Å². The number of para-hydroxylation sites is 1. The van der Waals surface area contributed by atoms with Crippen LogP contribution in [0.15, 0.2) is 66.9 Å². The highest BCUT2D eigenvalue weighted by atomic mass is 16.5. The number of aromatic nitrogens is 1. The van der Waals surface area contributed by atoms with E-state index in [0.29, 0.717) is 6.04 Å². The van der Waals surface area contributed by atoms with Crippen molar-refractivity contribution < 1.29 is 4.74 Å². The molecule has 1 aromatic heterocycles. The molecule has 1 fully saturated rings. The lowest BCUT2D eigenvalue weighted by Gasteiger charge is -2.27. The number of pyridine rings is 1. The molecular formula is C25H29N3O. The molecule has 4 rings (SSSR count). The first-order chi connectivity index (χ1) is 14.2. The van der Waals surface area contributed by atoms with E-state index < -0.39 is 0 Å². The topological polar surface area (TPSA) is 28.6 Å². The van der Waals surface area contributed by atoms with Gasteiger partial charge in [0, 0.05) is 38.4 Å². The van der Waals surface area contributed by atoms with Crippen molar-refractivity contribution in [2.45, 2.75) is 25.4 Å². The second-order valence-electron chi connectivity index (χ2n) is 7.83. The van der Waals surface area contributed by atoms with Crippen molar-refractivity contribution in [3.63, 3.8) is 0 Å². The largest absolute Gasteiger partial charge is 0.496 e. The molecule has 3 aromatic rings. The minimum Gasteiger partial charge on any atom is -0.496 e. The summed E-state index contributed by atoms with van der Waals surface area (Å²) in [5.74, 6) is 1.94. The van der Waals surface area contributed by atoms with Crippen LogP contribution in [0.1, 0.15) is 30.0 Å². The third-order valence-corrected chi connectivity index (χ3v) is 5.76. The number of rotatable bonds is 6. The number of likely N-dealkylation sites (tertiary alicyclic amines) is 1. The van der Waals surface area contributed by atoms with Crippen LogP contribution in [-0.2, 0) is 6.54 Å². The lowest BCUT2D eigenvalue weighted by Crippen LogP contribution is -2.23. The summed E-state index contributed by atoms with van der Waals surface area (Å²) in [7, 11) is 5.83. The number of ether oxygens (including phenoxy) is 1. The van der Waals surface area contributed by atoms with Crippen LogP contribution in [-0.4, -0.2) is 37.6 Å². The van der Waals surface area contributed by atoms with Gasteiger partial charge < -0.3 is 9.64 Å². The number of methoxy groups -OCH3 is 1. The first kappa shape index (κ1) is 19.5. The molecule has 1 aliphatic rings. The summed E-state index contributed by atoms with van der Waals surface area (Å²) in [6.07, 6.45) is 4.35. The molecule has 1 atom stereocenters. The first-order valence-electron chi connectivity index (χ1n) is 10.3.